The second-order valence-corrected chi connectivity index (χ2v) is 6.14. The summed E-state index contributed by atoms with van der Waals surface area (Å²) >= 11 is 0. The van der Waals surface area contributed by atoms with Crippen molar-refractivity contribution in [1.82, 2.24) is 9.97 Å². The van der Waals surface area contributed by atoms with Gasteiger partial charge in [0.05, 0.1) is 18.8 Å². The molecule has 1 aliphatic carbocycles. The van der Waals surface area contributed by atoms with Gasteiger partial charge in [0.1, 0.15) is 6.33 Å². The Balaban J connectivity index is 1.96. The number of aliphatic hydroxyl groups is 2. The van der Waals surface area contributed by atoms with E-state index in [0.29, 0.717) is 12.8 Å². The summed E-state index contributed by atoms with van der Waals surface area (Å²) in [4.78, 5) is 7.86. The van der Waals surface area contributed by atoms with Crippen LogP contribution in [0.2, 0.25) is 0 Å². The fraction of sp³-hybridized carbons (Fsp3) is 0.636. The van der Waals surface area contributed by atoms with E-state index in [1.165, 1.54) is 6.33 Å². The molecule has 0 bridgehead atoms. The van der Waals surface area contributed by atoms with Crippen molar-refractivity contribution in [3.05, 3.63) is 24.3 Å². The Morgan fingerprint density at radius 3 is 2.65 bits per heavy atom. The second kappa shape index (κ2) is 6.10. The molecular weight excluding hydrogens is 286 g/mol. The smallest absolute Gasteiger partial charge is 0.333 e. The maximum Gasteiger partial charge on any atom is 0.333 e. The first-order valence-electron chi connectivity index (χ1n) is 6.15. The molecule has 1 heterocycles. The minimum absolute atomic E-state index is 0.214. The van der Waals surface area contributed by atoms with Crippen LogP contribution in [-0.4, -0.2) is 47.4 Å². The number of aromatic nitrogens is 2. The van der Waals surface area contributed by atoms with E-state index in [1.807, 2.05) is 0 Å². The minimum Gasteiger partial charge on any atom is -0.390 e. The summed E-state index contributed by atoms with van der Waals surface area (Å²) < 4.78 is 26.0. The van der Waals surface area contributed by atoms with E-state index < -0.39 is 28.4 Å². The predicted molar refractivity (Wildman–Crippen MR) is 68.4 cm³/mol. The van der Waals surface area contributed by atoms with Gasteiger partial charge in [-0.25, -0.2) is 15.1 Å². The van der Waals surface area contributed by atoms with Crippen molar-refractivity contribution in [1.29, 1.82) is 0 Å². The van der Waals surface area contributed by atoms with Gasteiger partial charge in [-0.05, 0) is 24.8 Å². The molecule has 4 N–H and O–H groups in total. The second-order valence-electron chi connectivity index (χ2n) is 4.92. The molecule has 9 heteroatoms. The van der Waals surface area contributed by atoms with Crippen LogP contribution < -0.4 is 5.14 Å². The van der Waals surface area contributed by atoms with Crippen molar-refractivity contribution in [2.75, 3.05) is 6.61 Å². The van der Waals surface area contributed by atoms with Crippen LogP contribution >= 0.6 is 0 Å². The molecule has 112 valence electrons. The molecule has 1 aromatic heterocycles. The van der Waals surface area contributed by atoms with Gasteiger partial charge in [0.15, 0.2) is 0 Å². The monoisotopic (exact) mass is 303 g/mol. The van der Waals surface area contributed by atoms with Crippen molar-refractivity contribution >= 4 is 10.3 Å². The molecule has 1 fully saturated rings. The van der Waals surface area contributed by atoms with Crippen molar-refractivity contribution in [2.45, 2.75) is 25.0 Å². The summed E-state index contributed by atoms with van der Waals surface area (Å²) in [6.07, 6.45) is 1.94. The van der Waals surface area contributed by atoms with E-state index in [2.05, 4.69) is 14.2 Å². The molecule has 0 aromatic carbocycles. The van der Waals surface area contributed by atoms with Crippen molar-refractivity contribution < 1.29 is 22.8 Å². The van der Waals surface area contributed by atoms with Crippen LogP contribution in [0.5, 0.6) is 0 Å². The minimum atomic E-state index is -4.04. The molecule has 1 aliphatic rings. The summed E-state index contributed by atoms with van der Waals surface area (Å²) in [5.41, 5.74) is 0.754. The molecular formula is C11H17N3O5S. The molecule has 20 heavy (non-hydrogen) atoms. The van der Waals surface area contributed by atoms with Crippen LogP contribution in [0, 0.1) is 11.8 Å². The molecule has 0 saturated heterocycles. The van der Waals surface area contributed by atoms with Gasteiger partial charge in [-0.2, -0.15) is 8.42 Å². The van der Waals surface area contributed by atoms with Crippen LogP contribution in [0.1, 0.15) is 12.1 Å². The fourth-order valence-electron chi connectivity index (χ4n) is 2.49. The molecule has 1 unspecified atom stereocenters. The van der Waals surface area contributed by atoms with Crippen LogP contribution in [0.3, 0.4) is 0 Å². The van der Waals surface area contributed by atoms with Crippen molar-refractivity contribution in [3.63, 3.8) is 0 Å². The van der Waals surface area contributed by atoms with Gasteiger partial charge < -0.3 is 10.2 Å². The van der Waals surface area contributed by atoms with Gasteiger partial charge in [0.2, 0.25) is 0 Å². The van der Waals surface area contributed by atoms with Crippen molar-refractivity contribution in [2.24, 2.45) is 17.0 Å². The highest BCUT2D eigenvalue weighted by Crippen LogP contribution is 2.34. The predicted octanol–water partition coefficient (Wildman–Crippen LogP) is -1.40. The standard InChI is InChI=1S/C11H17N3O5S/c12-20(17,18)19-5-8-3-7(10(15)11(8)16)4-9-1-2-13-6-14-9/h1-2,6-8,10-11,15-16H,3-5H2,(H2,12,17,18)/t7-,8-,10?,11-/m0/s1. The molecule has 0 radical (unpaired) electrons. The zero-order valence-corrected chi connectivity index (χ0v) is 11.5. The quantitative estimate of drug-likeness (QED) is 0.608. The number of rotatable bonds is 5. The molecule has 0 spiro atoms. The summed E-state index contributed by atoms with van der Waals surface area (Å²) in [6.45, 7) is -0.239. The molecule has 1 aromatic rings. The highest BCUT2D eigenvalue weighted by molar-refractivity contribution is 7.84. The zero-order valence-electron chi connectivity index (χ0n) is 10.7. The van der Waals surface area contributed by atoms with Gasteiger partial charge in [-0.15, -0.1) is 0 Å². The Hall–Kier alpha value is -1.13. The van der Waals surface area contributed by atoms with E-state index in [4.69, 9.17) is 5.14 Å². The highest BCUT2D eigenvalue weighted by atomic mass is 32.2. The summed E-state index contributed by atoms with van der Waals surface area (Å²) in [6, 6.07) is 1.73. The van der Waals surface area contributed by atoms with E-state index in [1.54, 1.807) is 12.3 Å². The highest BCUT2D eigenvalue weighted by Gasteiger charge is 2.41. The van der Waals surface area contributed by atoms with Crippen LogP contribution in [-0.2, 0) is 20.9 Å². The average molecular weight is 303 g/mol. The molecule has 8 nitrogen and oxygen atoms in total. The lowest BCUT2D eigenvalue weighted by atomic mass is 9.98. The normalized spacial score (nSPS) is 30.6. The first-order chi connectivity index (χ1) is 9.37. The lowest BCUT2D eigenvalue weighted by Gasteiger charge is -2.16. The summed E-state index contributed by atoms with van der Waals surface area (Å²) in [5.74, 6) is -0.691. The average Bonchev–Trinajstić information content (AvgIpc) is 2.65. The van der Waals surface area contributed by atoms with E-state index in [-0.39, 0.29) is 12.5 Å². The van der Waals surface area contributed by atoms with E-state index in [0.717, 1.165) is 5.69 Å². The number of nitrogens with zero attached hydrogens (tertiary/aromatic N) is 2. The zero-order chi connectivity index (χ0) is 14.8. The number of hydrogen-bond donors (Lipinski definition) is 3. The topological polar surface area (TPSA) is 136 Å². The largest absolute Gasteiger partial charge is 0.390 e. The first kappa shape index (κ1) is 15.3. The van der Waals surface area contributed by atoms with Gasteiger partial charge in [0.25, 0.3) is 0 Å². The van der Waals surface area contributed by atoms with Gasteiger partial charge >= 0.3 is 10.3 Å². The van der Waals surface area contributed by atoms with E-state index in [9.17, 15) is 18.6 Å². The van der Waals surface area contributed by atoms with Crippen LogP contribution in [0.15, 0.2) is 18.6 Å². The number of nitrogens with two attached hydrogens (primary N) is 1. The molecule has 0 aliphatic heterocycles. The fourth-order valence-corrected chi connectivity index (χ4v) is 2.85. The van der Waals surface area contributed by atoms with Gasteiger partial charge in [-0.3, -0.25) is 4.18 Å². The Bertz CT molecular complexity index is 538. The third kappa shape index (κ3) is 3.93. The first-order valence-corrected chi connectivity index (χ1v) is 7.62. The lowest BCUT2D eigenvalue weighted by molar-refractivity contribution is -0.00332. The summed E-state index contributed by atoms with van der Waals surface area (Å²) in [5, 5.41) is 24.6. The number of aliphatic hydroxyl groups excluding tert-OH is 2. The molecule has 1 saturated carbocycles. The molecule has 2 rings (SSSR count). The molecule has 0 amide bonds. The van der Waals surface area contributed by atoms with Crippen LogP contribution in [0.25, 0.3) is 0 Å². The third-order valence-corrected chi connectivity index (χ3v) is 3.95. The number of hydrogen-bond acceptors (Lipinski definition) is 7. The Kier molecular flexibility index (Phi) is 4.66. The van der Waals surface area contributed by atoms with Gasteiger partial charge in [0, 0.05) is 17.8 Å². The van der Waals surface area contributed by atoms with Gasteiger partial charge in [-0.1, -0.05) is 0 Å². The lowest BCUT2D eigenvalue weighted by Crippen LogP contribution is -2.31. The SMILES string of the molecule is NS(=O)(=O)OC[C@@H]1C[C@@H](Cc2ccncn2)C(O)[C@H]1O. The van der Waals surface area contributed by atoms with E-state index >= 15 is 0 Å². The Morgan fingerprint density at radius 2 is 2.05 bits per heavy atom. The van der Waals surface area contributed by atoms with Crippen LogP contribution in [0.4, 0.5) is 0 Å². The Morgan fingerprint density at radius 1 is 1.35 bits per heavy atom. The maximum absolute atomic E-state index is 10.7. The summed E-state index contributed by atoms with van der Waals surface area (Å²) in [7, 11) is -4.04. The maximum atomic E-state index is 10.7. The molecule has 4 atom stereocenters. The third-order valence-electron chi connectivity index (χ3n) is 3.48. The van der Waals surface area contributed by atoms with Crippen molar-refractivity contribution in [3.8, 4) is 0 Å². The Labute approximate surface area is 116 Å².